The molecule has 0 N–H and O–H groups in total. The van der Waals surface area contributed by atoms with Crippen LogP contribution >= 0.6 is 0 Å². The largest absolute Gasteiger partial charge is 0.460 e. The minimum Gasteiger partial charge on any atom is -0.460 e. The fourth-order valence-electron chi connectivity index (χ4n) is 5.65. The van der Waals surface area contributed by atoms with E-state index in [4.69, 9.17) is 13.8 Å². The SMILES string of the molecule is C=Cc1c(Cc2cccc(-c3ncnc(-c4ccc5oc6c(c5c4)=CC4CC4C=6)n3)c2)oc2ccccc12. The van der Waals surface area contributed by atoms with E-state index in [0.717, 1.165) is 55.4 Å². The van der Waals surface area contributed by atoms with Gasteiger partial charge in [-0.15, -0.1) is 0 Å². The molecule has 3 heterocycles. The van der Waals surface area contributed by atoms with Crippen LogP contribution < -0.4 is 10.6 Å². The molecule has 2 atom stereocenters. The lowest BCUT2D eigenvalue weighted by Gasteiger charge is -2.06. The summed E-state index contributed by atoms with van der Waals surface area (Å²) >= 11 is 0. The summed E-state index contributed by atoms with van der Waals surface area (Å²) in [6.45, 7) is 4.01. The van der Waals surface area contributed by atoms with E-state index >= 15 is 0 Å². The summed E-state index contributed by atoms with van der Waals surface area (Å²) in [5.41, 5.74) is 6.81. The molecule has 5 heteroatoms. The highest BCUT2D eigenvalue weighted by Crippen LogP contribution is 2.42. The van der Waals surface area contributed by atoms with Crippen LogP contribution in [-0.2, 0) is 6.42 Å². The zero-order valence-electron chi connectivity index (χ0n) is 20.6. The molecular formula is C33H23N3O2. The normalized spacial score (nSPS) is 17.5. The Morgan fingerprint density at radius 2 is 1.63 bits per heavy atom. The van der Waals surface area contributed by atoms with Gasteiger partial charge in [-0.3, -0.25) is 0 Å². The van der Waals surface area contributed by atoms with Crippen molar-refractivity contribution >= 4 is 40.2 Å². The molecule has 6 aromatic rings. The van der Waals surface area contributed by atoms with E-state index in [1.165, 1.54) is 11.6 Å². The molecule has 5 nitrogen and oxygen atoms in total. The predicted octanol–water partition coefficient (Wildman–Crippen LogP) is 6.14. The Bertz CT molecular complexity index is 2030. The summed E-state index contributed by atoms with van der Waals surface area (Å²) in [6.07, 6.45) is 9.97. The average Bonchev–Trinajstić information content (AvgIpc) is 3.50. The van der Waals surface area contributed by atoms with E-state index in [2.05, 4.69) is 53.0 Å². The molecule has 0 bridgehead atoms. The lowest BCUT2D eigenvalue weighted by molar-refractivity contribution is 0.561. The van der Waals surface area contributed by atoms with Gasteiger partial charge in [-0.25, -0.2) is 15.0 Å². The molecule has 0 saturated heterocycles. The molecule has 1 fully saturated rings. The molecule has 0 radical (unpaired) electrons. The zero-order chi connectivity index (χ0) is 25.2. The van der Waals surface area contributed by atoms with Gasteiger partial charge in [0.25, 0.3) is 0 Å². The Hall–Kier alpha value is -4.77. The molecule has 3 aromatic carbocycles. The van der Waals surface area contributed by atoms with Crippen molar-refractivity contribution in [3.63, 3.8) is 0 Å². The first-order valence-corrected chi connectivity index (χ1v) is 12.9. The number of para-hydroxylation sites is 1. The van der Waals surface area contributed by atoms with E-state index in [-0.39, 0.29) is 0 Å². The van der Waals surface area contributed by atoms with Crippen LogP contribution in [0.15, 0.2) is 88.5 Å². The number of furan rings is 2. The summed E-state index contributed by atoms with van der Waals surface area (Å²) in [6, 6.07) is 22.5. The summed E-state index contributed by atoms with van der Waals surface area (Å²) in [4.78, 5) is 13.8. The molecular weight excluding hydrogens is 470 g/mol. The van der Waals surface area contributed by atoms with Crippen molar-refractivity contribution in [3.8, 4) is 22.8 Å². The maximum absolute atomic E-state index is 6.17. The lowest BCUT2D eigenvalue weighted by Crippen LogP contribution is -2.23. The Labute approximate surface area is 218 Å². The van der Waals surface area contributed by atoms with Crippen molar-refractivity contribution in [1.82, 2.24) is 15.0 Å². The fraction of sp³-hybridized carbons (Fsp3) is 0.121. The number of hydrogen-bond acceptors (Lipinski definition) is 5. The van der Waals surface area contributed by atoms with Crippen molar-refractivity contribution in [2.75, 3.05) is 0 Å². The van der Waals surface area contributed by atoms with E-state index in [9.17, 15) is 0 Å². The first kappa shape index (κ1) is 21.3. The van der Waals surface area contributed by atoms with Crippen LogP contribution in [0.2, 0.25) is 0 Å². The average molecular weight is 494 g/mol. The minimum absolute atomic E-state index is 0.639. The van der Waals surface area contributed by atoms with Gasteiger partial charge < -0.3 is 8.83 Å². The molecule has 2 unspecified atom stereocenters. The third-order valence-corrected chi connectivity index (χ3v) is 7.69. The van der Waals surface area contributed by atoms with Crippen LogP contribution in [0.1, 0.15) is 23.3 Å². The lowest BCUT2D eigenvalue weighted by atomic mass is 10.0. The van der Waals surface area contributed by atoms with Crippen molar-refractivity contribution in [2.45, 2.75) is 12.8 Å². The highest BCUT2D eigenvalue weighted by molar-refractivity contribution is 5.88. The molecule has 182 valence electrons. The monoisotopic (exact) mass is 493 g/mol. The number of rotatable bonds is 5. The standard InChI is InChI=1S/C33H23N3O2/c1-2-24-25-8-3-4-9-28(25)37-30(24)13-19-6-5-7-20(12-19)32-34-18-35-33(36-32)21-10-11-29-26(15-21)27-16-22-14-23(22)17-31(27)38-29/h2-12,15-18,22-23H,1,13-14H2. The second-order valence-corrected chi connectivity index (χ2v) is 10.1. The van der Waals surface area contributed by atoms with Crippen LogP contribution in [0, 0.1) is 11.8 Å². The summed E-state index contributed by atoms with van der Waals surface area (Å²) in [5.74, 6) is 3.50. The van der Waals surface area contributed by atoms with Gasteiger partial charge in [0.2, 0.25) is 0 Å². The molecule has 3 aromatic heterocycles. The molecule has 38 heavy (non-hydrogen) atoms. The summed E-state index contributed by atoms with van der Waals surface area (Å²) in [5, 5.41) is 3.40. The Morgan fingerprint density at radius 1 is 0.816 bits per heavy atom. The van der Waals surface area contributed by atoms with Crippen LogP contribution in [0.5, 0.6) is 0 Å². The van der Waals surface area contributed by atoms with Crippen LogP contribution in [0.3, 0.4) is 0 Å². The van der Waals surface area contributed by atoms with Crippen molar-refractivity contribution in [3.05, 3.63) is 107 Å². The van der Waals surface area contributed by atoms with Crippen LogP contribution in [-0.4, -0.2) is 15.0 Å². The highest BCUT2D eigenvalue weighted by Gasteiger charge is 2.35. The van der Waals surface area contributed by atoms with Gasteiger partial charge in [-0.2, -0.15) is 0 Å². The Morgan fingerprint density at radius 3 is 2.53 bits per heavy atom. The van der Waals surface area contributed by atoms with E-state index in [1.54, 1.807) is 6.33 Å². The summed E-state index contributed by atoms with van der Waals surface area (Å²) < 4.78 is 12.3. The number of hydrogen-bond donors (Lipinski definition) is 0. The van der Waals surface area contributed by atoms with Gasteiger partial charge in [0.15, 0.2) is 11.6 Å². The van der Waals surface area contributed by atoms with Gasteiger partial charge in [-0.1, -0.05) is 55.1 Å². The maximum atomic E-state index is 6.17. The van der Waals surface area contributed by atoms with E-state index in [0.29, 0.717) is 29.9 Å². The third-order valence-electron chi connectivity index (χ3n) is 7.69. The zero-order valence-corrected chi connectivity index (χ0v) is 20.6. The van der Waals surface area contributed by atoms with E-state index < -0.39 is 0 Å². The second kappa shape index (κ2) is 8.12. The third kappa shape index (κ3) is 3.43. The fourth-order valence-corrected chi connectivity index (χ4v) is 5.65. The van der Waals surface area contributed by atoms with Crippen molar-refractivity contribution < 1.29 is 8.83 Å². The number of aromatic nitrogens is 3. The summed E-state index contributed by atoms with van der Waals surface area (Å²) in [7, 11) is 0. The van der Waals surface area contributed by atoms with E-state index in [1.807, 2.05) is 48.5 Å². The number of fused-ring (bicyclic) bond motifs is 5. The predicted molar refractivity (Wildman–Crippen MR) is 149 cm³/mol. The second-order valence-electron chi connectivity index (χ2n) is 10.1. The topological polar surface area (TPSA) is 65.0 Å². The number of nitrogens with zero attached hydrogens (tertiary/aromatic N) is 3. The minimum atomic E-state index is 0.639. The van der Waals surface area contributed by atoms with Gasteiger partial charge in [0.1, 0.15) is 28.7 Å². The first-order chi connectivity index (χ1) is 18.7. The van der Waals surface area contributed by atoms with Crippen LogP contribution in [0.25, 0.3) is 62.9 Å². The molecule has 2 aliphatic rings. The van der Waals surface area contributed by atoms with Gasteiger partial charge in [0.05, 0.1) is 0 Å². The molecule has 0 amide bonds. The molecule has 8 rings (SSSR count). The van der Waals surface area contributed by atoms with Gasteiger partial charge in [0, 0.05) is 39.1 Å². The molecule has 0 spiro atoms. The maximum Gasteiger partial charge on any atom is 0.163 e. The van der Waals surface area contributed by atoms with Crippen molar-refractivity contribution in [2.24, 2.45) is 11.8 Å². The smallest absolute Gasteiger partial charge is 0.163 e. The highest BCUT2D eigenvalue weighted by atomic mass is 16.3. The van der Waals surface area contributed by atoms with Gasteiger partial charge in [-0.05, 0) is 60.2 Å². The Kier molecular flexibility index (Phi) is 4.56. The van der Waals surface area contributed by atoms with Crippen LogP contribution in [0.4, 0.5) is 0 Å². The molecule has 2 aliphatic carbocycles. The molecule has 1 saturated carbocycles. The first-order valence-electron chi connectivity index (χ1n) is 12.9. The molecule has 0 aliphatic heterocycles. The Balaban J connectivity index is 1.15. The number of benzene rings is 3. The van der Waals surface area contributed by atoms with Gasteiger partial charge >= 0.3 is 0 Å². The quantitative estimate of drug-likeness (QED) is 0.289. The van der Waals surface area contributed by atoms with Crippen molar-refractivity contribution in [1.29, 1.82) is 0 Å².